The van der Waals surface area contributed by atoms with Crippen LogP contribution in [0.25, 0.3) is 0 Å². The average Bonchev–Trinajstić information content (AvgIpc) is 3.38. The Labute approximate surface area is 129 Å². The molecule has 0 spiro atoms. The molecular formula is C18H16N2O2. The van der Waals surface area contributed by atoms with Gasteiger partial charge in [0, 0.05) is 23.2 Å². The Bertz CT molecular complexity index is 730. The zero-order valence-corrected chi connectivity index (χ0v) is 12.1. The standard InChI is InChI=1S/C18H16N2O2/c19-11-14-4-1-2-5-15(14)12-22-17-7-3-6-16(10-17)20-18(21)13-8-9-13/h1-7,10,13H,8-9,12H2,(H,20,21). The summed E-state index contributed by atoms with van der Waals surface area (Å²) in [6.45, 7) is 0.323. The number of anilines is 1. The zero-order chi connectivity index (χ0) is 15.4. The van der Waals surface area contributed by atoms with Crippen molar-refractivity contribution in [2.45, 2.75) is 19.4 Å². The Morgan fingerprint density at radius 2 is 2.05 bits per heavy atom. The third kappa shape index (κ3) is 3.44. The molecule has 1 aliphatic rings. The lowest BCUT2D eigenvalue weighted by Gasteiger charge is -2.10. The van der Waals surface area contributed by atoms with E-state index in [0.29, 0.717) is 17.9 Å². The van der Waals surface area contributed by atoms with Crippen LogP contribution in [-0.4, -0.2) is 5.91 Å². The number of ether oxygens (including phenoxy) is 1. The van der Waals surface area contributed by atoms with Crippen LogP contribution in [0, 0.1) is 17.2 Å². The summed E-state index contributed by atoms with van der Waals surface area (Å²) in [5, 5.41) is 12.0. The number of carbonyl (C=O) groups is 1. The molecule has 2 aromatic carbocycles. The van der Waals surface area contributed by atoms with E-state index < -0.39 is 0 Å². The van der Waals surface area contributed by atoms with Crippen molar-refractivity contribution in [1.29, 1.82) is 5.26 Å². The summed E-state index contributed by atoms with van der Waals surface area (Å²) in [4.78, 5) is 11.8. The van der Waals surface area contributed by atoms with Gasteiger partial charge in [-0.15, -0.1) is 0 Å². The van der Waals surface area contributed by atoms with Crippen molar-refractivity contribution in [3.05, 3.63) is 59.7 Å². The highest BCUT2D eigenvalue weighted by molar-refractivity contribution is 5.94. The van der Waals surface area contributed by atoms with E-state index in [-0.39, 0.29) is 11.8 Å². The van der Waals surface area contributed by atoms with E-state index >= 15 is 0 Å². The van der Waals surface area contributed by atoms with E-state index in [1.54, 1.807) is 12.1 Å². The smallest absolute Gasteiger partial charge is 0.227 e. The maximum Gasteiger partial charge on any atom is 0.227 e. The van der Waals surface area contributed by atoms with Gasteiger partial charge >= 0.3 is 0 Å². The zero-order valence-electron chi connectivity index (χ0n) is 12.1. The number of nitrogens with zero attached hydrogens (tertiary/aromatic N) is 1. The van der Waals surface area contributed by atoms with Gasteiger partial charge in [0.2, 0.25) is 5.91 Å². The number of benzene rings is 2. The molecule has 0 radical (unpaired) electrons. The van der Waals surface area contributed by atoms with Gasteiger partial charge in [-0.2, -0.15) is 5.26 Å². The quantitative estimate of drug-likeness (QED) is 0.917. The van der Waals surface area contributed by atoms with Gasteiger partial charge in [0.1, 0.15) is 12.4 Å². The monoisotopic (exact) mass is 292 g/mol. The number of rotatable bonds is 5. The lowest BCUT2D eigenvalue weighted by atomic mass is 10.1. The molecule has 2 aromatic rings. The molecule has 4 nitrogen and oxygen atoms in total. The Hall–Kier alpha value is -2.80. The molecule has 1 fully saturated rings. The minimum absolute atomic E-state index is 0.0759. The first-order valence-electron chi connectivity index (χ1n) is 7.28. The number of hydrogen-bond acceptors (Lipinski definition) is 3. The van der Waals surface area contributed by atoms with Gasteiger partial charge in [0.15, 0.2) is 0 Å². The second-order valence-corrected chi connectivity index (χ2v) is 5.35. The van der Waals surface area contributed by atoms with Gasteiger partial charge in [-0.05, 0) is 31.0 Å². The molecule has 0 aliphatic heterocycles. The first-order valence-corrected chi connectivity index (χ1v) is 7.28. The molecule has 0 atom stereocenters. The minimum Gasteiger partial charge on any atom is -0.489 e. The van der Waals surface area contributed by atoms with E-state index in [9.17, 15) is 4.79 Å². The maximum absolute atomic E-state index is 11.8. The van der Waals surface area contributed by atoms with Crippen LogP contribution >= 0.6 is 0 Å². The molecule has 3 rings (SSSR count). The highest BCUT2D eigenvalue weighted by Gasteiger charge is 2.29. The van der Waals surface area contributed by atoms with Crippen LogP contribution in [0.3, 0.4) is 0 Å². The first-order chi connectivity index (χ1) is 10.8. The maximum atomic E-state index is 11.8. The normalized spacial score (nSPS) is 13.2. The second-order valence-electron chi connectivity index (χ2n) is 5.35. The van der Waals surface area contributed by atoms with Crippen molar-refractivity contribution in [1.82, 2.24) is 0 Å². The van der Waals surface area contributed by atoms with Gasteiger partial charge in [0.25, 0.3) is 0 Å². The molecule has 110 valence electrons. The average molecular weight is 292 g/mol. The van der Waals surface area contributed by atoms with Gasteiger partial charge in [-0.1, -0.05) is 24.3 Å². The lowest BCUT2D eigenvalue weighted by Crippen LogP contribution is -2.13. The van der Waals surface area contributed by atoms with Crippen LogP contribution in [0.1, 0.15) is 24.0 Å². The molecule has 0 aromatic heterocycles. The molecule has 1 amide bonds. The largest absolute Gasteiger partial charge is 0.489 e. The number of nitriles is 1. The molecule has 22 heavy (non-hydrogen) atoms. The molecule has 0 bridgehead atoms. The molecule has 4 heteroatoms. The lowest BCUT2D eigenvalue weighted by molar-refractivity contribution is -0.117. The minimum atomic E-state index is 0.0759. The van der Waals surface area contributed by atoms with Crippen LogP contribution in [0.4, 0.5) is 5.69 Å². The molecule has 0 unspecified atom stereocenters. The summed E-state index contributed by atoms with van der Waals surface area (Å²) in [7, 11) is 0. The van der Waals surface area contributed by atoms with Crippen molar-refractivity contribution in [2.24, 2.45) is 5.92 Å². The highest BCUT2D eigenvalue weighted by Crippen LogP contribution is 2.30. The number of amides is 1. The van der Waals surface area contributed by atoms with E-state index in [2.05, 4.69) is 11.4 Å². The fraction of sp³-hybridized carbons (Fsp3) is 0.222. The molecule has 0 saturated heterocycles. The molecule has 1 N–H and O–H groups in total. The van der Waals surface area contributed by atoms with Gasteiger partial charge < -0.3 is 10.1 Å². The van der Waals surface area contributed by atoms with Crippen molar-refractivity contribution >= 4 is 11.6 Å². The van der Waals surface area contributed by atoms with Crippen molar-refractivity contribution in [3.8, 4) is 11.8 Å². The van der Waals surface area contributed by atoms with E-state index in [0.717, 1.165) is 24.1 Å². The van der Waals surface area contributed by atoms with Crippen LogP contribution < -0.4 is 10.1 Å². The van der Waals surface area contributed by atoms with Crippen molar-refractivity contribution in [2.75, 3.05) is 5.32 Å². The summed E-state index contributed by atoms with van der Waals surface area (Å²) in [6.07, 6.45) is 1.96. The number of carbonyl (C=O) groups excluding carboxylic acids is 1. The summed E-state index contributed by atoms with van der Waals surface area (Å²) in [5.74, 6) is 0.917. The fourth-order valence-electron chi connectivity index (χ4n) is 2.17. The van der Waals surface area contributed by atoms with E-state index in [1.165, 1.54) is 0 Å². The summed E-state index contributed by atoms with van der Waals surface area (Å²) >= 11 is 0. The third-order valence-electron chi connectivity index (χ3n) is 3.58. The summed E-state index contributed by atoms with van der Waals surface area (Å²) in [5.41, 5.74) is 2.20. The Morgan fingerprint density at radius 3 is 2.82 bits per heavy atom. The number of nitrogens with one attached hydrogen (secondary N) is 1. The third-order valence-corrected chi connectivity index (χ3v) is 3.58. The van der Waals surface area contributed by atoms with Crippen LogP contribution in [0.15, 0.2) is 48.5 Å². The van der Waals surface area contributed by atoms with Crippen LogP contribution in [-0.2, 0) is 11.4 Å². The fourth-order valence-corrected chi connectivity index (χ4v) is 2.17. The van der Waals surface area contributed by atoms with Crippen LogP contribution in [0.2, 0.25) is 0 Å². The number of hydrogen-bond donors (Lipinski definition) is 1. The second kappa shape index (κ2) is 6.31. The highest BCUT2D eigenvalue weighted by atomic mass is 16.5. The first kappa shape index (κ1) is 14.2. The topological polar surface area (TPSA) is 62.1 Å². The summed E-state index contributed by atoms with van der Waals surface area (Å²) < 4.78 is 5.73. The van der Waals surface area contributed by atoms with E-state index in [1.807, 2.05) is 36.4 Å². The van der Waals surface area contributed by atoms with Gasteiger partial charge in [-0.3, -0.25) is 4.79 Å². The van der Waals surface area contributed by atoms with Crippen LogP contribution in [0.5, 0.6) is 5.75 Å². The predicted molar refractivity (Wildman–Crippen MR) is 83.3 cm³/mol. The van der Waals surface area contributed by atoms with E-state index in [4.69, 9.17) is 10.00 Å². The Morgan fingerprint density at radius 1 is 1.23 bits per heavy atom. The predicted octanol–water partition coefficient (Wildman–Crippen LogP) is 3.49. The van der Waals surface area contributed by atoms with Crippen molar-refractivity contribution < 1.29 is 9.53 Å². The molecule has 0 heterocycles. The molecule has 1 saturated carbocycles. The Balaban J connectivity index is 1.65. The van der Waals surface area contributed by atoms with Gasteiger partial charge in [0.05, 0.1) is 11.6 Å². The van der Waals surface area contributed by atoms with Crippen molar-refractivity contribution in [3.63, 3.8) is 0 Å². The molecular weight excluding hydrogens is 276 g/mol. The SMILES string of the molecule is N#Cc1ccccc1COc1cccc(NC(=O)C2CC2)c1. The van der Waals surface area contributed by atoms with Gasteiger partial charge in [-0.25, -0.2) is 0 Å². The Kier molecular flexibility index (Phi) is 4.06. The summed E-state index contributed by atoms with van der Waals surface area (Å²) in [6, 6.07) is 16.8. The molecule has 1 aliphatic carbocycles.